The maximum absolute atomic E-state index is 7.17. The Labute approximate surface area is 298 Å². The van der Waals surface area contributed by atoms with Crippen LogP contribution in [-0.4, -0.2) is 0 Å². The summed E-state index contributed by atoms with van der Waals surface area (Å²) in [7, 11) is 0. The molecule has 0 radical (unpaired) electrons. The first-order valence-electron chi connectivity index (χ1n) is 19.2. The van der Waals surface area contributed by atoms with Crippen LogP contribution in [0.15, 0.2) is 115 Å². The molecule has 6 aliphatic rings. The smallest absolute Gasteiger partial charge is 0.139 e. The number of hydrogen-bond acceptors (Lipinski definition) is 2. The summed E-state index contributed by atoms with van der Waals surface area (Å²) in [5, 5.41) is 0. The zero-order valence-corrected chi connectivity index (χ0v) is 30.1. The SMILES string of the molecule is CC1(C)CCC(C)(C)c2c(N(c3ccccc3)c3cc(-c4ccccc4)c4c(c3)C3(c5ccccc5O4)C4CC5CC(C4)CC3C5)cccc21. The second-order valence-corrected chi connectivity index (χ2v) is 17.6. The molecule has 252 valence electrons. The molecular formula is C48H49NO. The highest BCUT2D eigenvalue weighted by molar-refractivity contribution is 5.87. The fourth-order valence-electron chi connectivity index (χ4n) is 11.8. The van der Waals surface area contributed by atoms with E-state index in [1.807, 2.05) is 0 Å². The molecule has 11 rings (SSSR count). The zero-order chi connectivity index (χ0) is 33.8. The summed E-state index contributed by atoms with van der Waals surface area (Å²) in [6.45, 7) is 9.80. The Kier molecular flexibility index (Phi) is 6.62. The van der Waals surface area contributed by atoms with Gasteiger partial charge in [-0.2, -0.15) is 0 Å². The molecule has 5 aromatic rings. The molecule has 0 aromatic heterocycles. The maximum atomic E-state index is 7.17. The van der Waals surface area contributed by atoms with E-state index >= 15 is 0 Å². The van der Waals surface area contributed by atoms with Crippen LogP contribution >= 0.6 is 0 Å². The van der Waals surface area contributed by atoms with Gasteiger partial charge in [0, 0.05) is 33.5 Å². The molecule has 0 unspecified atom stereocenters. The van der Waals surface area contributed by atoms with Crippen LogP contribution < -0.4 is 9.64 Å². The third kappa shape index (κ3) is 4.33. The van der Waals surface area contributed by atoms with Crippen molar-refractivity contribution in [1.29, 1.82) is 0 Å². The highest BCUT2D eigenvalue weighted by Gasteiger charge is 2.61. The summed E-state index contributed by atoms with van der Waals surface area (Å²) in [5.74, 6) is 5.17. The van der Waals surface area contributed by atoms with Crippen LogP contribution in [0.25, 0.3) is 11.1 Å². The van der Waals surface area contributed by atoms with Gasteiger partial charge in [-0.05, 0) is 133 Å². The van der Waals surface area contributed by atoms with E-state index < -0.39 is 0 Å². The first kappa shape index (κ1) is 30.5. The topological polar surface area (TPSA) is 12.5 Å². The minimum atomic E-state index is -0.0448. The number of anilines is 3. The zero-order valence-electron chi connectivity index (χ0n) is 30.1. The molecule has 4 saturated carbocycles. The van der Waals surface area contributed by atoms with Crippen molar-refractivity contribution in [1.82, 2.24) is 0 Å². The van der Waals surface area contributed by atoms with Crippen molar-refractivity contribution >= 4 is 17.1 Å². The van der Waals surface area contributed by atoms with Gasteiger partial charge in [0.05, 0.1) is 5.69 Å². The molecule has 5 aromatic carbocycles. The van der Waals surface area contributed by atoms with Gasteiger partial charge >= 0.3 is 0 Å². The van der Waals surface area contributed by atoms with Crippen molar-refractivity contribution in [2.24, 2.45) is 23.7 Å². The van der Waals surface area contributed by atoms with E-state index in [1.54, 1.807) is 0 Å². The van der Waals surface area contributed by atoms with Crippen molar-refractivity contribution in [3.8, 4) is 22.6 Å². The largest absolute Gasteiger partial charge is 0.456 e. The van der Waals surface area contributed by atoms with E-state index in [-0.39, 0.29) is 16.2 Å². The number of ether oxygens (including phenoxy) is 1. The third-order valence-electron chi connectivity index (χ3n) is 13.9. The predicted molar refractivity (Wildman–Crippen MR) is 206 cm³/mol. The lowest BCUT2D eigenvalue weighted by molar-refractivity contribution is -0.0451. The molecule has 0 amide bonds. The normalized spacial score (nSPS) is 27.6. The van der Waals surface area contributed by atoms with Gasteiger partial charge in [0.2, 0.25) is 0 Å². The highest BCUT2D eigenvalue weighted by Crippen LogP contribution is 2.70. The van der Waals surface area contributed by atoms with Gasteiger partial charge < -0.3 is 9.64 Å². The minimum Gasteiger partial charge on any atom is -0.456 e. The summed E-state index contributed by atoms with van der Waals surface area (Å²) in [6.07, 6.45) is 9.16. The Morgan fingerprint density at radius 3 is 1.90 bits per heavy atom. The van der Waals surface area contributed by atoms with Crippen LogP contribution in [0.5, 0.6) is 11.5 Å². The number of nitrogens with zero attached hydrogens (tertiary/aromatic N) is 1. The molecule has 0 saturated heterocycles. The van der Waals surface area contributed by atoms with E-state index in [4.69, 9.17) is 4.74 Å². The molecule has 1 spiro atoms. The summed E-state index contributed by atoms with van der Waals surface area (Å²) in [4.78, 5) is 2.60. The molecule has 4 bridgehead atoms. The molecule has 4 fully saturated rings. The monoisotopic (exact) mass is 655 g/mol. The average Bonchev–Trinajstić information content (AvgIpc) is 3.12. The minimum absolute atomic E-state index is 0.0448. The average molecular weight is 656 g/mol. The van der Waals surface area contributed by atoms with Crippen molar-refractivity contribution in [3.05, 3.63) is 138 Å². The Morgan fingerprint density at radius 1 is 0.560 bits per heavy atom. The third-order valence-corrected chi connectivity index (χ3v) is 13.9. The van der Waals surface area contributed by atoms with Gasteiger partial charge in [-0.25, -0.2) is 0 Å². The van der Waals surface area contributed by atoms with Crippen LogP contribution in [-0.2, 0) is 16.2 Å². The summed E-state index contributed by atoms with van der Waals surface area (Å²) >= 11 is 0. The highest BCUT2D eigenvalue weighted by atomic mass is 16.5. The lowest BCUT2D eigenvalue weighted by Gasteiger charge is -2.63. The van der Waals surface area contributed by atoms with E-state index in [0.717, 1.165) is 23.3 Å². The Hall–Kier alpha value is -4.30. The molecular weight excluding hydrogens is 607 g/mol. The van der Waals surface area contributed by atoms with Crippen molar-refractivity contribution < 1.29 is 4.74 Å². The standard InChI is InChI=1S/C48H49NO/c1-46(2)22-23-47(3,4)44-40(46)19-13-20-42(44)49(36-16-9-6-10-17-36)37-29-38(33-14-7-5-8-15-33)45-41(30-37)48(39-18-11-12-21-43(39)50-45)34-25-31-24-32(27-34)28-35(48)26-31/h5-21,29-32,34-35H,22-28H2,1-4H3. The van der Waals surface area contributed by atoms with Gasteiger partial charge in [0.1, 0.15) is 11.5 Å². The fraction of sp³-hybridized carbons (Fsp3) is 0.375. The van der Waals surface area contributed by atoms with Crippen molar-refractivity contribution in [2.75, 3.05) is 4.90 Å². The quantitative estimate of drug-likeness (QED) is 0.191. The Bertz CT molecular complexity index is 2080. The summed E-state index contributed by atoms with van der Waals surface area (Å²) in [5.41, 5.74) is 12.1. The van der Waals surface area contributed by atoms with Crippen LogP contribution in [0.3, 0.4) is 0 Å². The molecule has 1 heterocycles. The molecule has 2 heteroatoms. The van der Waals surface area contributed by atoms with Gasteiger partial charge in [-0.1, -0.05) is 107 Å². The molecule has 1 aliphatic heterocycles. The lowest BCUT2D eigenvalue weighted by Crippen LogP contribution is -2.57. The van der Waals surface area contributed by atoms with E-state index in [9.17, 15) is 0 Å². The van der Waals surface area contributed by atoms with Gasteiger partial charge in [0.15, 0.2) is 0 Å². The number of hydrogen-bond donors (Lipinski definition) is 0. The molecule has 5 aliphatic carbocycles. The second kappa shape index (κ2) is 10.8. The van der Waals surface area contributed by atoms with Crippen LogP contribution in [0.2, 0.25) is 0 Å². The molecule has 2 nitrogen and oxygen atoms in total. The molecule has 0 N–H and O–H groups in total. The first-order chi connectivity index (χ1) is 24.2. The fourth-order valence-corrected chi connectivity index (χ4v) is 11.8. The Morgan fingerprint density at radius 2 is 1.18 bits per heavy atom. The maximum Gasteiger partial charge on any atom is 0.139 e. The van der Waals surface area contributed by atoms with Gasteiger partial charge in [-0.3, -0.25) is 0 Å². The number of benzene rings is 5. The predicted octanol–water partition coefficient (Wildman–Crippen LogP) is 13.0. The first-order valence-corrected chi connectivity index (χ1v) is 19.2. The van der Waals surface area contributed by atoms with Crippen LogP contribution in [0, 0.1) is 23.7 Å². The lowest BCUT2D eigenvalue weighted by atomic mass is 9.41. The van der Waals surface area contributed by atoms with E-state index in [0.29, 0.717) is 11.8 Å². The van der Waals surface area contributed by atoms with Crippen molar-refractivity contribution in [2.45, 2.75) is 88.9 Å². The molecule has 0 atom stereocenters. The van der Waals surface area contributed by atoms with E-state index in [2.05, 4.69) is 148 Å². The van der Waals surface area contributed by atoms with Crippen molar-refractivity contribution in [3.63, 3.8) is 0 Å². The van der Waals surface area contributed by atoms with Gasteiger partial charge in [0.25, 0.3) is 0 Å². The number of para-hydroxylation sites is 2. The van der Waals surface area contributed by atoms with Crippen LogP contribution in [0.1, 0.15) is 94.9 Å². The second-order valence-electron chi connectivity index (χ2n) is 17.6. The summed E-state index contributed by atoms with van der Waals surface area (Å²) in [6, 6.07) is 43.4. The van der Waals surface area contributed by atoms with Gasteiger partial charge in [-0.15, -0.1) is 0 Å². The Balaban J connectivity index is 1.29. The number of fused-ring (bicyclic) bond motifs is 3. The van der Waals surface area contributed by atoms with Crippen LogP contribution in [0.4, 0.5) is 17.1 Å². The number of rotatable bonds is 4. The summed E-state index contributed by atoms with van der Waals surface area (Å²) < 4.78 is 7.17. The molecule has 50 heavy (non-hydrogen) atoms. The van der Waals surface area contributed by atoms with E-state index in [1.165, 1.54) is 95.4 Å².